The first-order chi connectivity index (χ1) is 14.0. The molecule has 10 heteroatoms. The van der Waals surface area contributed by atoms with Crippen LogP contribution >= 0.6 is 0 Å². The third-order valence-electron chi connectivity index (χ3n) is 5.23. The van der Waals surface area contributed by atoms with Crippen LogP contribution < -0.4 is 9.80 Å². The Morgan fingerprint density at radius 3 is 2.79 bits per heavy atom. The summed E-state index contributed by atoms with van der Waals surface area (Å²) >= 11 is 0. The molecule has 3 aromatic rings. The molecule has 1 aromatic carbocycles. The van der Waals surface area contributed by atoms with E-state index in [9.17, 15) is 9.18 Å². The molecule has 0 N–H and O–H groups in total. The van der Waals surface area contributed by atoms with Crippen LogP contribution in [0.4, 0.5) is 20.8 Å². The molecule has 0 saturated carbocycles. The average molecular weight is 398 g/mol. The number of amides is 1. The molecular weight excluding hydrogens is 379 g/mol. The van der Waals surface area contributed by atoms with Gasteiger partial charge in [-0.25, -0.2) is 9.18 Å². The smallest absolute Gasteiger partial charge is 0.414 e. The first-order valence-electron chi connectivity index (χ1n) is 9.40. The van der Waals surface area contributed by atoms with Gasteiger partial charge >= 0.3 is 6.09 Å². The lowest BCUT2D eigenvalue weighted by atomic mass is 10.1. The highest BCUT2D eigenvalue weighted by atomic mass is 19.1. The SMILES string of the molecule is CC[C@H]1CN(c2ccc(-c3cc4c(o3)CN(c3nnn(C)n3)C4)c(F)c2)C(=O)O1. The summed E-state index contributed by atoms with van der Waals surface area (Å²) in [5, 5.41) is 12.0. The van der Waals surface area contributed by atoms with Crippen molar-refractivity contribution in [3.8, 4) is 11.3 Å². The van der Waals surface area contributed by atoms with E-state index in [1.165, 1.54) is 15.8 Å². The molecular formula is C19H19FN6O3. The van der Waals surface area contributed by atoms with E-state index in [4.69, 9.17) is 9.15 Å². The molecule has 1 amide bonds. The number of aryl methyl sites for hydroxylation is 1. The number of rotatable bonds is 4. The third-order valence-corrected chi connectivity index (χ3v) is 5.23. The molecule has 0 unspecified atom stereocenters. The molecule has 2 aromatic heterocycles. The molecule has 1 fully saturated rings. The zero-order valence-electron chi connectivity index (χ0n) is 16.0. The lowest BCUT2D eigenvalue weighted by Gasteiger charge is -2.14. The van der Waals surface area contributed by atoms with Crippen LogP contribution in [0.3, 0.4) is 0 Å². The zero-order valence-corrected chi connectivity index (χ0v) is 16.0. The number of carbonyl (C=O) groups is 1. The van der Waals surface area contributed by atoms with E-state index in [0.717, 1.165) is 17.7 Å². The summed E-state index contributed by atoms with van der Waals surface area (Å²) in [6.07, 6.45) is 0.116. The lowest BCUT2D eigenvalue weighted by Crippen LogP contribution is -2.24. The summed E-state index contributed by atoms with van der Waals surface area (Å²) in [5.74, 6) is 1.29. The largest absolute Gasteiger partial charge is 0.459 e. The number of ether oxygens (including phenoxy) is 1. The quantitative estimate of drug-likeness (QED) is 0.667. The average Bonchev–Trinajstić information content (AvgIpc) is 3.44. The van der Waals surface area contributed by atoms with Crippen molar-refractivity contribution in [1.29, 1.82) is 0 Å². The van der Waals surface area contributed by atoms with Gasteiger partial charge in [0.15, 0.2) is 0 Å². The number of benzene rings is 1. The van der Waals surface area contributed by atoms with Crippen LogP contribution in [-0.4, -0.2) is 38.9 Å². The maximum absolute atomic E-state index is 14.8. The van der Waals surface area contributed by atoms with E-state index in [1.807, 2.05) is 17.9 Å². The summed E-state index contributed by atoms with van der Waals surface area (Å²) in [7, 11) is 1.71. The van der Waals surface area contributed by atoms with E-state index >= 15 is 0 Å². The Balaban J connectivity index is 1.36. The van der Waals surface area contributed by atoms with Gasteiger partial charge in [-0.3, -0.25) is 4.90 Å². The number of furan rings is 1. The molecule has 0 radical (unpaired) electrons. The zero-order chi connectivity index (χ0) is 20.1. The van der Waals surface area contributed by atoms with Crippen molar-refractivity contribution in [2.75, 3.05) is 16.3 Å². The van der Waals surface area contributed by atoms with Crippen LogP contribution in [0.1, 0.15) is 24.7 Å². The van der Waals surface area contributed by atoms with Gasteiger partial charge in [-0.15, -0.1) is 5.10 Å². The van der Waals surface area contributed by atoms with Crippen molar-refractivity contribution >= 4 is 17.7 Å². The molecule has 0 bridgehead atoms. The molecule has 2 aliphatic rings. The molecule has 9 nitrogen and oxygen atoms in total. The predicted octanol–water partition coefficient (Wildman–Crippen LogP) is 2.86. The van der Waals surface area contributed by atoms with Gasteiger partial charge in [0.25, 0.3) is 5.95 Å². The minimum atomic E-state index is -0.449. The van der Waals surface area contributed by atoms with Crippen LogP contribution in [0.25, 0.3) is 11.3 Å². The number of fused-ring (bicyclic) bond motifs is 1. The Hall–Kier alpha value is -3.43. The number of nitrogens with zero attached hydrogens (tertiary/aromatic N) is 6. The Kier molecular flexibility index (Phi) is 4.00. The van der Waals surface area contributed by atoms with Crippen LogP contribution in [0, 0.1) is 5.82 Å². The predicted molar refractivity (Wildman–Crippen MR) is 101 cm³/mol. The van der Waals surface area contributed by atoms with Gasteiger partial charge in [-0.2, -0.15) is 4.80 Å². The normalized spacial score (nSPS) is 18.4. The number of halogens is 1. The Morgan fingerprint density at radius 1 is 1.28 bits per heavy atom. The maximum Gasteiger partial charge on any atom is 0.414 e. The first-order valence-corrected chi connectivity index (χ1v) is 9.40. The van der Waals surface area contributed by atoms with E-state index < -0.39 is 11.9 Å². The Bertz CT molecular complexity index is 1070. The van der Waals surface area contributed by atoms with Gasteiger partial charge in [-0.1, -0.05) is 12.0 Å². The molecule has 150 valence electrons. The van der Waals surface area contributed by atoms with Crippen molar-refractivity contribution in [3.05, 3.63) is 41.4 Å². The molecule has 5 rings (SSSR count). The molecule has 1 atom stereocenters. The van der Waals surface area contributed by atoms with Gasteiger partial charge in [0.1, 0.15) is 23.4 Å². The van der Waals surface area contributed by atoms with Crippen molar-refractivity contribution in [3.63, 3.8) is 0 Å². The monoisotopic (exact) mass is 398 g/mol. The Labute approximate surface area is 165 Å². The van der Waals surface area contributed by atoms with Crippen LogP contribution in [-0.2, 0) is 24.9 Å². The van der Waals surface area contributed by atoms with Crippen LogP contribution in [0.5, 0.6) is 0 Å². The summed E-state index contributed by atoms with van der Waals surface area (Å²) in [6, 6.07) is 6.52. The van der Waals surface area contributed by atoms with Crippen LogP contribution in [0.2, 0.25) is 0 Å². The second-order valence-electron chi connectivity index (χ2n) is 7.18. The summed E-state index contributed by atoms with van der Waals surface area (Å²) in [4.78, 5) is 16.8. The number of aromatic nitrogens is 4. The minimum Gasteiger partial charge on any atom is -0.459 e. The highest BCUT2D eigenvalue weighted by Crippen LogP contribution is 2.35. The Morgan fingerprint density at radius 2 is 2.14 bits per heavy atom. The number of cyclic esters (lactones) is 1. The van der Waals surface area contributed by atoms with Gasteiger partial charge < -0.3 is 14.1 Å². The molecule has 29 heavy (non-hydrogen) atoms. The minimum absolute atomic E-state index is 0.162. The standard InChI is InChI=1S/C19H19FN6O3/c1-3-13-9-26(19(27)28-13)12-4-5-14(15(20)7-12)16-6-11-8-25(10-17(11)29-16)18-21-23-24(2)22-18/h4-7,13H,3,8-10H2,1-2H3/t13-/m0/s1. The van der Waals surface area contributed by atoms with Crippen molar-refractivity contribution in [2.24, 2.45) is 7.05 Å². The summed E-state index contributed by atoms with van der Waals surface area (Å²) < 4.78 is 26.0. The topological polar surface area (TPSA) is 89.5 Å². The van der Waals surface area contributed by atoms with E-state index in [-0.39, 0.29) is 6.10 Å². The fourth-order valence-corrected chi connectivity index (χ4v) is 3.66. The fraction of sp³-hybridized carbons (Fsp3) is 0.368. The van der Waals surface area contributed by atoms with Crippen molar-refractivity contribution in [2.45, 2.75) is 32.5 Å². The van der Waals surface area contributed by atoms with Crippen molar-refractivity contribution < 1.29 is 18.3 Å². The van der Waals surface area contributed by atoms with E-state index in [1.54, 1.807) is 19.2 Å². The summed E-state index contributed by atoms with van der Waals surface area (Å²) in [5.41, 5.74) is 1.79. The van der Waals surface area contributed by atoms with E-state index in [2.05, 4.69) is 15.4 Å². The second-order valence-corrected chi connectivity index (χ2v) is 7.18. The number of hydrogen-bond acceptors (Lipinski definition) is 7. The van der Waals surface area contributed by atoms with E-state index in [0.29, 0.717) is 42.6 Å². The second kappa shape index (κ2) is 6.57. The first kappa shape index (κ1) is 17.7. The number of tetrazole rings is 1. The molecule has 2 aliphatic heterocycles. The van der Waals surface area contributed by atoms with Gasteiger partial charge in [0, 0.05) is 12.1 Å². The lowest BCUT2D eigenvalue weighted by molar-refractivity contribution is 0.139. The van der Waals surface area contributed by atoms with Gasteiger partial charge in [0.2, 0.25) is 0 Å². The van der Waals surface area contributed by atoms with Crippen LogP contribution in [0.15, 0.2) is 28.7 Å². The molecule has 1 saturated heterocycles. The number of hydrogen-bond donors (Lipinski definition) is 0. The summed E-state index contributed by atoms with van der Waals surface area (Å²) in [6.45, 7) is 3.44. The highest BCUT2D eigenvalue weighted by Gasteiger charge is 2.32. The fourth-order valence-electron chi connectivity index (χ4n) is 3.66. The third kappa shape index (κ3) is 3.00. The maximum atomic E-state index is 14.8. The number of anilines is 2. The number of carbonyl (C=O) groups excluding carboxylic acids is 1. The van der Waals surface area contributed by atoms with Gasteiger partial charge in [0.05, 0.1) is 31.4 Å². The van der Waals surface area contributed by atoms with Crippen molar-refractivity contribution in [1.82, 2.24) is 20.2 Å². The highest BCUT2D eigenvalue weighted by molar-refractivity contribution is 5.90. The molecule has 0 aliphatic carbocycles. The van der Waals surface area contributed by atoms with Gasteiger partial charge in [-0.05, 0) is 35.9 Å². The molecule has 4 heterocycles. The molecule has 0 spiro atoms.